The smallest absolute Gasteiger partial charge is 0.0377 e. The SMILES string of the molecule is CCCC1CCN(c2ccc(CCN)c(Br)c2)CC1. The molecular weight excluding hydrogens is 300 g/mol. The monoisotopic (exact) mass is 324 g/mol. The van der Waals surface area contributed by atoms with Crippen LogP contribution in [0.3, 0.4) is 0 Å². The van der Waals surface area contributed by atoms with Crippen LogP contribution >= 0.6 is 15.9 Å². The molecule has 0 radical (unpaired) electrons. The molecular formula is C16H25BrN2. The van der Waals surface area contributed by atoms with Crippen molar-refractivity contribution in [2.75, 3.05) is 24.5 Å². The molecule has 106 valence electrons. The molecule has 2 rings (SSSR count). The zero-order valence-corrected chi connectivity index (χ0v) is 13.5. The normalized spacial score (nSPS) is 16.9. The summed E-state index contributed by atoms with van der Waals surface area (Å²) in [4.78, 5) is 2.52. The van der Waals surface area contributed by atoms with E-state index in [-0.39, 0.29) is 0 Å². The third-order valence-corrected chi connectivity index (χ3v) is 4.87. The van der Waals surface area contributed by atoms with Gasteiger partial charge in [-0.25, -0.2) is 0 Å². The molecule has 3 heteroatoms. The molecule has 0 bridgehead atoms. The summed E-state index contributed by atoms with van der Waals surface area (Å²) < 4.78 is 1.20. The van der Waals surface area contributed by atoms with Gasteiger partial charge in [0.05, 0.1) is 0 Å². The van der Waals surface area contributed by atoms with Crippen molar-refractivity contribution in [2.24, 2.45) is 11.7 Å². The van der Waals surface area contributed by atoms with E-state index in [1.165, 1.54) is 54.5 Å². The highest BCUT2D eigenvalue weighted by molar-refractivity contribution is 9.10. The molecule has 19 heavy (non-hydrogen) atoms. The van der Waals surface area contributed by atoms with E-state index in [9.17, 15) is 0 Å². The van der Waals surface area contributed by atoms with E-state index in [0.29, 0.717) is 6.54 Å². The number of benzene rings is 1. The number of anilines is 1. The molecule has 0 amide bonds. The molecule has 0 aliphatic carbocycles. The van der Waals surface area contributed by atoms with Crippen LogP contribution in [0.5, 0.6) is 0 Å². The van der Waals surface area contributed by atoms with Crippen LogP contribution in [0.1, 0.15) is 38.2 Å². The molecule has 0 unspecified atom stereocenters. The fourth-order valence-corrected chi connectivity index (χ4v) is 3.54. The van der Waals surface area contributed by atoms with Crippen LogP contribution in [-0.2, 0) is 6.42 Å². The Kier molecular flexibility index (Phi) is 5.71. The lowest BCUT2D eigenvalue weighted by molar-refractivity contribution is 0.378. The van der Waals surface area contributed by atoms with Gasteiger partial charge in [0, 0.05) is 23.2 Å². The predicted molar refractivity (Wildman–Crippen MR) is 86.7 cm³/mol. The molecule has 2 nitrogen and oxygen atoms in total. The molecule has 0 atom stereocenters. The molecule has 1 heterocycles. The molecule has 1 aliphatic heterocycles. The van der Waals surface area contributed by atoms with Gasteiger partial charge in [0.1, 0.15) is 0 Å². The fraction of sp³-hybridized carbons (Fsp3) is 0.625. The number of hydrogen-bond acceptors (Lipinski definition) is 2. The third-order valence-electron chi connectivity index (χ3n) is 4.13. The average Bonchev–Trinajstić information content (AvgIpc) is 2.43. The van der Waals surface area contributed by atoms with E-state index in [1.807, 2.05) is 0 Å². The third kappa shape index (κ3) is 3.96. The first kappa shape index (κ1) is 14.9. The van der Waals surface area contributed by atoms with E-state index in [2.05, 4.69) is 46.0 Å². The van der Waals surface area contributed by atoms with Crippen molar-refractivity contribution in [1.82, 2.24) is 0 Å². The molecule has 1 fully saturated rings. The minimum absolute atomic E-state index is 0.709. The van der Waals surface area contributed by atoms with E-state index in [4.69, 9.17) is 5.73 Å². The van der Waals surface area contributed by atoms with Gasteiger partial charge in [-0.3, -0.25) is 0 Å². The summed E-state index contributed by atoms with van der Waals surface area (Å²) in [5.74, 6) is 0.946. The van der Waals surface area contributed by atoms with Gasteiger partial charge in [0.15, 0.2) is 0 Å². The summed E-state index contributed by atoms with van der Waals surface area (Å²) in [7, 11) is 0. The van der Waals surface area contributed by atoms with E-state index in [0.717, 1.165) is 12.3 Å². The first-order valence-electron chi connectivity index (χ1n) is 7.48. The zero-order chi connectivity index (χ0) is 13.7. The highest BCUT2D eigenvalue weighted by atomic mass is 79.9. The largest absolute Gasteiger partial charge is 0.371 e. The Bertz CT molecular complexity index is 398. The second-order valence-corrected chi connectivity index (χ2v) is 6.39. The van der Waals surface area contributed by atoms with Crippen LogP contribution in [-0.4, -0.2) is 19.6 Å². The maximum Gasteiger partial charge on any atom is 0.0377 e. The highest BCUT2D eigenvalue weighted by Gasteiger charge is 2.19. The van der Waals surface area contributed by atoms with Crippen molar-refractivity contribution in [3.05, 3.63) is 28.2 Å². The summed E-state index contributed by atoms with van der Waals surface area (Å²) in [5, 5.41) is 0. The molecule has 0 saturated carbocycles. The van der Waals surface area contributed by atoms with E-state index >= 15 is 0 Å². The van der Waals surface area contributed by atoms with E-state index < -0.39 is 0 Å². The number of hydrogen-bond donors (Lipinski definition) is 1. The van der Waals surface area contributed by atoms with Crippen molar-refractivity contribution in [2.45, 2.75) is 39.0 Å². The molecule has 1 saturated heterocycles. The summed E-state index contributed by atoms with van der Waals surface area (Å²) >= 11 is 3.67. The zero-order valence-electron chi connectivity index (χ0n) is 11.9. The van der Waals surface area contributed by atoms with Crippen molar-refractivity contribution in [3.63, 3.8) is 0 Å². The first-order valence-corrected chi connectivity index (χ1v) is 8.27. The predicted octanol–water partition coefficient (Wildman–Crippen LogP) is 3.97. The lowest BCUT2D eigenvalue weighted by Crippen LogP contribution is -2.33. The lowest BCUT2D eigenvalue weighted by Gasteiger charge is -2.33. The van der Waals surface area contributed by atoms with Crippen LogP contribution in [0.2, 0.25) is 0 Å². The van der Waals surface area contributed by atoms with Crippen molar-refractivity contribution in [1.29, 1.82) is 0 Å². The molecule has 1 aliphatic rings. The summed E-state index contributed by atoms with van der Waals surface area (Å²) in [6.07, 6.45) is 6.35. The lowest BCUT2D eigenvalue weighted by atomic mass is 9.92. The first-order chi connectivity index (χ1) is 9.24. The van der Waals surface area contributed by atoms with Gasteiger partial charge >= 0.3 is 0 Å². The maximum atomic E-state index is 5.62. The standard InChI is InChI=1S/C16H25BrN2/c1-2-3-13-7-10-19(11-8-13)15-5-4-14(6-9-18)16(17)12-15/h4-5,12-13H,2-3,6-11,18H2,1H3. The van der Waals surface area contributed by atoms with Crippen molar-refractivity contribution < 1.29 is 0 Å². The Balaban J connectivity index is 1.97. The summed E-state index contributed by atoms with van der Waals surface area (Å²) in [6.45, 7) is 5.40. The van der Waals surface area contributed by atoms with E-state index in [1.54, 1.807) is 0 Å². The fourth-order valence-electron chi connectivity index (χ4n) is 2.98. The van der Waals surface area contributed by atoms with Crippen LogP contribution in [0, 0.1) is 5.92 Å². The topological polar surface area (TPSA) is 29.3 Å². The minimum atomic E-state index is 0.709. The second-order valence-electron chi connectivity index (χ2n) is 5.53. The second kappa shape index (κ2) is 7.30. The number of halogens is 1. The summed E-state index contributed by atoms with van der Waals surface area (Å²) in [5.41, 5.74) is 8.28. The van der Waals surface area contributed by atoms with Crippen molar-refractivity contribution in [3.8, 4) is 0 Å². The van der Waals surface area contributed by atoms with Gasteiger partial charge in [-0.2, -0.15) is 0 Å². The molecule has 1 aromatic carbocycles. The number of nitrogens with two attached hydrogens (primary N) is 1. The Morgan fingerprint density at radius 2 is 2.05 bits per heavy atom. The molecule has 0 aromatic heterocycles. The van der Waals surface area contributed by atoms with Crippen LogP contribution in [0.25, 0.3) is 0 Å². The van der Waals surface area contributed by atoms with Gasteiger partial charge < -0.3 is 10.6 Å². The Morgan fingerprint density at radius 3 is 2.63 bits per heavy atom. The van der Waals surface area contributed by atoms with Gasteiger partial charge in [-0.05, 0) is 49.4 Å². The summed E-state index contributed by atoms with van der Waals surface area (Å²) in [6, 6.07) is 6.71. The number of nitrogens with zero attached hydrogens (tertiary/aromatic N) is 1. The molecule has 1 aromatic rings. The highest BCUT2D eigenvalue weighted by Crippen LogP contribution is 2.29. The Labute approximate surface area is 125 Å². The van der Waals surface area contributed by atoms with Gasteiger partial charge in [0.25, 0.3) is 0 Å². The van der Waals surface area contributed by atoms with Crippen LogP contribution < -0.4 is 10.6 Å². The van der Waals surface area contributed by atoms with Crippen molar-refractivity contribution >= 4 is 21.6 Å². The minimum Gasteiger partial charge on any atom is -0.371 e. The Hall–Kier alpha value is -0.540. The average molecular weight is 325 g/mol. The molecule has 0 spiro atoms. The van der Waals surface area contributed by atoms with Gasteiger partial charge in [-0.1, -0.05) is 41.8 Å². The van der Waals surface area contributed by atoms with Gasteiger partial charge in [0.2, 0.25) is 0 Å². The molecule has 2 N–H and O–H groups in total. The van der Waals surface area contributed by atoms with Crippen LogP contribution in [0.15, 0.2) is 22.7 Å². The van der Waals surface area contributed by atoms with Gasteiger partial charge in [-0.15, -0.1) is 0 Å². The number of piperidine rings is 1. The quantitative estimate of drug-likeness (QED) is 0.888. The number of rotatable bonds is 5. The Morgan fingerprint density at radius 1 is 1.32 bits per heavy atom. The van der Waals surface area contributed by atoms with Crippen LogP contribution in [0.4, 0.5) is 5.69 Å². The maximum absolute atomic E-state index is 5.62.